The molecule has 0 aromatic heterocycles. The van der Waals surface area contributed by atoms with Gasteiger partial charge in [0.2, 0.25) is 0 Å². The van der Waals surface area contributed by atoms with Gasteiger partial charge in [0.05, 0.1) is 0 Å². The zero-order valence-electron chi connectivity index (χ0n) is 12.3. The second-order valence-electron chi connectivity index (χ2n) is 5.32. The summed E-state index contributed by atoms with van der Waals surface area (Å²) in [5.41, 5.74) is 2.63. The van der Waals surface area contributed by atoms with Crippen molar-refractivity contribution in [2.45, 2.75) is 32.2 Å². The third-order valence-corrected chi connectivity index (χ3v) is 4.15. The lowest BCUT2D eigenvalue weighted by Gasteiger charge is -2.19. The van der Waals surface area contributed by atoms with Crippen molar-refractivity contribution in [3.63, 3.8) is 0 Å². The van der Waals surface area contributed by atoms with Crippen LogP contribution >= 0.6 is 27.5 Å². The molecule has 0 radical (unpaired) electrons. The Kier molecular flexibility index (Phi) is 6.75. The Morgan fingerprint density at radius 2 is 1.71 bits per heavy atom. The highest BCUT2D eigenvalue weighted by Crippen LogP contribution is 2.16. The third kappa shape index (κ3) is 5.82. The molecular weight excluding hydrogens is 346 g/mol. The number of benzene rings is 2. The standard InChI is InChI=1S/C18H21BrClN/c1-2-9-21-18(12-14-5-3-7-16(19)10-14)13-15-6-4-8-17(20)11-15/h3-8,10-11,18,21H,2,9,12-13H2,1H3. The fourth-order valence-electron chi connectivity index (χ4n) is 2.46. The van der Waals surface area contributed by atoms with Gasteiger partial charge in [0, 0.05) is 15.5 Å². The maximum absolute atomic E-state index is 6.09. The summed E-state index contributed by atoms with van der Waals surface area (Å²) in [5.74, 6) is 0. The summed E-state index contributed by atoms with van der Waals surface area (Å²) in [6, 6.07) is 17.1. The van der Waals surface area contributed by atoms with E-state index in [9.17, 15) is 0 Å². The van der Waals surface area contributed by atoms with E-state index in [0.29, 0.717) is 6.04 Å². The van der Waals surface area contributed by atoms with Gasteiger partial charge in [0.15, 0.2) is 0 Å². The van der Waals surface area contributed by atoms with E-state index in [0.717, 1.165) is 35.3 Å². The van der Waals surface area contributed by atoms with E-state index in [2.05, 4.69) is 64.6 Å². The van der Waals surface area contributed by atoms with Crippen LogP contribution in [0.1, 0.15) is 24.5 Å². The first kappa shape index (κ1) is 16.5. The van der Waals surface area contributed by atoms with Crippen LogP contribution < -0.4 is 5.32 Å². The molecular formula is C18H21BrClN. The van der Waals surface area contributed by atoms with E-state index in [1.165, 1.54) is 11.1 Å². The van der Waals surface area contributed by atoms with Crippen molar-refractivity contribution in [1.82, 2.24) is 5.32 Å². The Hall–Kier alpha value is -0.830. The molecule has 1 atom stereocenters. The highest BCUT2D eigenvalue weighted by atomic mass is 79.9. The van der Waals surface area contributed by atoms with Crippen LogP contribution in [0, 0.1) is 0 Å². The van der Waals surface area contributed by atoms with Crippen LogP contribution in [0.15, 0.2) is 53.0 Å². The van der Waals surface area contributed by atoms with Gasteiger partial charge in [-0.2, -0.15) is 0 Å². The summed E-state index contributed by atoms with van der Waals surface area (Å²) in [5, 5.41) is 4.46. The van der Waals surface area contributed by atoms with E-state index < -0.39 is 0 Å². The number of halogens is 2. The van der Waals surface area contributed by atoms with Gasteiger partial charge in [0.25, 0.3) is 0 Å². The minimum absolute atomic E-state index is 0.428. The third-order valence-electron chi connectivity index (χ3n) is 3.43. The lowest BCUT2D eigenvalue weighted by molar-refractivity contribution is 0.504. The summed E-state index contributed by atoms with van der Waals surface area (Å²) in [4.78, 5) is 0. The van der Waals surface area contributed by atoms with Gasteiger partial charge in [-0.15, -0.1) is 0 Å². The predicted molar refractivity (Wildman–Crippen MR) is 95.1 cm³/mol. The van der Waals surface area contributed by atoms with Gasteiger partial charge in [-0.05, 0) is 61.2 Å². The molecule has 0 spiro atoms. The Morgan fingerprint density at radius 3 is 2.33 bits per heavy atom. The fourth-order valence-corrected chi connectivity index (χ4v) is 3.12. The van der Waals surface area contributed by atoms with Crippen molar-refractivity contribution < 1.29 is 0 Å². The lowest BCUT2D eigenvalue weighted by Crippen LogP contribution is -2.33. The molecule has 3 heteroatoms. The normalized spacial score (nSPS) is 12.3. The molecule has 112 valence electrons. The lowest BCUT2D eigenvalue weighted by atomic mass is 9.99. The summed E-state index contributed by atoms with van der Waals surface area (Å²) in [6.07, 6.45) is 3.16. The quantitative estimate of drug-likeness (QED) is 0.705. The minimum Gasteiger partial charge on any atom is -0.313 e. The molecule has 2 aromatic rings. The van der Waals surface area contributed by atoms with Crippen LogP contribution in [0.25, 0.3) is 0 Å². The van der Waals surface area contributed by atoms with Crippen molar-refractivity contribution in [3.8, 4) is 0 Å². The smallest absolute Gasteiger partial charge is 0.0408 e. The molecule has 1 nitrogen and oxygen atoms in total. The first-order valence-electron chi connectivity index (χ1n) is 7.39. The minimum atomic E-state index is 0.428. The van der Waals surface area contributed by atoms with Crippen molar-refractivity contribution in [2.75, 3.05) is 6.54 Å². The van der Waals surface area contributed by atoms with Gasteiger partial charge in [-0.25, -0.2) is 0 Å². The summed E-state index contributed by atoms with van der Waals surface area (Å²) >= 11 is 9.63. The Morgan fingerprint density at radius 1 is 1.05 bits per heavy atom. The van der Waals surface area contributed by atoms with Crippen LogP contribution in [0.2, 0.25) is 5.02 Å². The molecule has 0 amide bonds. The highest BCUT2D eigenvalue weighted by molar-refractivity contribution is 9.10. The van der Waals surface area contributed by atoms with Crippen LogP contribution in [-0.4, -0.2) is 12.6 Å². The molecule has 0 saturated carbocycles. The molecule has 0 aliphatic rings. The second-order valence-corrected chi connectivity index (χ2v) is 6.67. The molecule has 2 aromatic carbocycles. The van der Waals surface area contributed by atoms with E-state index in [1.54, 1.807) is 0 Å². The Bertz CT molecular complexity index is 523. The van der Waals surface area contributed by atoms with Gasteiger partial charge >= 0.3 is 0 Å². The van der Waals surface area contributed by atoms with E-state index in [1.807, 2.05) is 12.1 Å². The van der Waals surface area contributed by atoms with Gasteiger partial charge in [-0.1, -0.05) is 58.7 Å². The molecule has 0 aliphatic carbocycles. The van der Waals surface area contributed by atoms with Gasteiger partial charge in [-0.3, -0.25) is 0 Å². The number of hydrogen-bond donors (Lipinski definition) is 1. The summed E-state index contributed by atoms with van der Waals surface area (Å²) in [6.45, 7) is 3.24. The van der Waals surface area contributed by atoms with E-state index in [4.69, 9.17) is 11.6 Å². The first-order valence-corrected chi connectivity index (χ1v) is 8.56. The topological polar surface area (TPSA) is 12.0 Å². The zero-order valence-corrected chi connectivity index (χ0v) is 14.6. The molecule has 21 heavy (non-hydrogen) atoms. The van der Waals surface area contributed by atoms with Crippen LogP contribution in [0.3, 0.4) is 0 Å². The molecule has 1 unspecified atom stereocenters. The van der Waals surface area contributed by atoms with Gasteiger partial charge < -0.3 is 5.32 Å². The van der Waals surface area contributed by atoms with Crippen molar-refractivity contribution >= 4 is 27.5 Å². The SMILES string of the molecule is CCCNC(Cc1cccc(Cl)c1)Cc1cccc(Br)c1. The molecule has 0 fully saturated rings. The van der Waals surface area contributed by atoms with Crippen LogP contribution in [-0.2, 0) is 12.8 Å². The molecule has 0 heterocycles. The largest absolute Gasteiger partial charge is 0.313 e. The zero-order chi connectivity index (χ0) is 15.1. The number of nitrogens with one attached hydrogen (secondary N) is 1. The van der Waals surface area contributed by atoms with E-state index >= 15 is 0 Å². The average Bonchev–Trinajstić information content (AvgIpc) is 2.45. The molecule has 0 aliphatic heterocycles. The second kappa shape index (κ2) is 8.57. The number of rotatable bonds is 7. The summed E-state index contributed by atoms with van der Waals surface area (Å²) < 4.78 is 1.14. The van der Waals surface area contributed by atoms with Crippen molar-refractivity contribution in [2.24, 2.45) is 0 Å². The summed E-state index contributed by atoms with van der Waals surface area (Å²) in [7, 11) is 0. The molecule has 0 saturated heterocycles. The number of hydrogen-bond acceptors (Lipinski definition) is 1. The molecule has 1 N–H and O–H groups in total. The van der Waals surface area contributed by atoms with Crippen molar-refractivity contribution in [3.05, 3.63) is 69.2 Å². The molecule has 2 rings (SSSR count). The Labute approximate surface area is 140 Å². The van der Waals surface area contributed by atoms with Crippen LogP contribution in [0.4, 0.5) is 0 Å². The predicted octanol–water partition coefficient (Wildman–Crippen LogP) is 5.26. The van der Waals surface area contributed by atoms with Crippen molar-refractivity contribution in [1.29, 1.82) is 0 Å². The maximum atomic E-state index is 6.09. The maximum Gasteiger partial charge on any atom is 0.0408 e. The Balaban J connectivity index is 2.06. The van der Waals surface area contributed by atoms with Crippen LogP contribution in [0.5, 0.6) is 0 Å². The monoisotopic (exact) mass is 365 g/mol. The first-order chi connectivity index (χ1) is 10.2. The van der Waals surface area contributed by atoms with E-state index in [-0.39, 0.29) is 0 Å². The fraction of sp³-hybridized carbons (Fsp3) is 0.333. The highest BCUT2D eigenvalue weighted by Gasteiger charge is 2.10. The molecule has 0 bridgehead atoms. The average molecular weight is 367 g/mol. The van der Waals surface area contributed by atoms with Gasteiger partial charge in [0.1, 0.15) is 0 Å².